The molecule has 5 heteroatoms. The summed E-state index contributed by atoms with van der Waals surface area (Å²) in [5, 5.41) is 1.84. The van der Waals surface area contributed by atoms with Crippen LogP contribution in [0, 0.1) is 0 Å². The van der Waals surface area contributed by atoms with Crippen LogP contribution >= 0.6 is 15.9 Å². The molecule has 4 nitrogen and oxygen atoms in total. The van der Waals surface area contributed by atoms with Gasteiger partial charge in [0.25, 0.3) is 0 Å². The molecule has 0 bridgehead atoms. The highest BCUT2D eigenvalue weighted by Crippen LogP contribution is 2.44. The van der Waals surface area contributed by atoms with Crippen LogP contribution in [0.1, 0.15) is 0 Å². The van der Waals surface area contributed by atoms with Crippen LogP contribution in [0.4, 0.5) is 0 Å². The third-order valence-electron chi connectivity index (χ3n) is 2.52. The van der Waals surface area contributed by atoms with Crippen LogP contribution in [0.25, 0.3) is 10.8 Å². The molecule has 0 saturated carbocycles. The maximum absolute atomic E-state index is 5.39. The number of rotatable bonds is 3. The molecule has 0 amide bonds. The summed E-state index contributed by atoms with van der Waals surface area (Å²) in [6.45, 7) is 0. The van der Waals surface area contributed by atoms with Gasteiger partial charge >= 0.3 is 0 Å². The molecule has 0 aliphatic rings. The molecular weight excluding hydrogens is 286 g/mol. The predicted molar refractivity (Wildman–Crippen MR) is 69.1 cm³/mol. The number of pyridine rings is 1. The number of nitrogens with zero attached hydrogens (tertiary/aromatic N) is 1. The van der Waals surface area contributed by atoms with Gasteiger partial charge in [-0.1, -0.05) is 0 Å². The quantitative estimate of drug-likeness (QED) is 0.817. The van der Waals surface area contributed by atoms with Crippen molar-refractivity contribution in [2.45, 2.75) is 0 Å². The minimum Gasteiger partial charge on any atom is -0.493 e. The highest BCUT2D eigenvalue weighted by atomic mass is 79.9. The van der Waals surface area contributed by atoms with Gasteiger partial charge in [-0.05, 0) is 28.1 Å². The number of halogens is 1. The van der Waals surface area contributed by atoms with E-state index in [9.17, 15) is 0 Å². The maximum Gasteiger partial charge on any atom is 0.203 e. The van der Waals surface area contributed by atoms with Gasteiger partial charge in [-0.15, -0.1) is 0 Å². The van der Waals surface area contributed by atoms with E-state index in [-0.39, 0.29) is 0 Å². The van der Waals surface area contributed by atoms with E-state index in [0.717, 1.165) is 15.4 Å². The first kappa shape index (κ1) is 12.0. The molecule has 1 heterocycles. The van der Waals surface area contributed by atoms with Gasteiger partial charge in [-0.3, -0.25) is 0 Å². The monoisotopic (exact) mass is 297 g/mol. The average Bonchev–Trinajstić information content (AvgIpc) is 2.36. The van der Waals surface area contributed by atoms with Crippen molar-refractivity contribution in [3.05, 3.63) is 22.9 Å². The summed E-state index contributed by atoms with van der Waals surface area (Å²) in [6.07, 6.45) is 1.71. The molecule has 0 aliphatic carbocycles. The Balaban J connectivity index is 2.88. The SMILES string of the molecule is COc1cc2c(Br)nccc2c(OC)c1OC. The van der Waals surface area contributed by atoms with E-state index in [4.69, 9.17) is 14.2 Å². The van der Waals surface area contributed by atoms with Crippen molar-refractivity contribution in [2.24, 2.45) is 0 Å². The van der Waals surface area contributed by atoms with E-state index in [2.05, 4.69) is 20.9 Å². The molecule has 0 unspecified atom stereocenters. The van der Waals surface area contributed by atoms with Crippen molar-refractivity contribution in [1.29, 1.82) is 0 Å². The van der Waals surface area contributed by atoms with E-state index in [1.807, 2.05) is 12.1 Å². The smallest absolute Gasteiger partial charge is 0.203 e. The highest BCUT2D eigenvalue weighted by molar-refractivity contribution is 9.10. The van der Waals surface area contributed by atoms with Gasteiger partial charge in [0.2, 0.25) is 5.75 Å². The van der Waals surface area contributed by atoms with Crippen LogP contribution in [-0.2, 0) is 0 Å². The Morgan fingerprint density at radius 3 is 2.29 bits per heavy atom. The fraction of sp³-hybridized carbons (Fsp3) is 0.250. The van der Waals surface area contributed by atoms with Crippen molar-refractivity contribution in [3.8, 4) is 17.2 Å². The zero-order chi connectivity index (χ0) is 12.4. The van der Waals surface area contributed by atoms with E-state index >= 15 is 0 Å². The van der Waals surface area contributed by atoms with Gasteiger partial charge in [-0.25, -0.2) is 4.98 Å². The third-order valence-corrected chi connectivity index (χ3v) is 3.15. The molecule has 0 N–H and O–H groups in total. The Bertz CT molecular complexity index is 557. The molecule has 90 valence electrons. The maximum atomic E-state index is 5.39. The standard InChI is InChI=1S/C12H12BrNO3/c1-15-9-6-8-7(4-5-14-12(8)13)10(16-2)11(9)17-3/h4-6H,1-3H3. The third kappa shape index (κ3) is 1.91. The minimum atomic E-state index is 0.584. The minimum absolute atomic E-state index is 0.584. The zero-order valence-electron chi connectivity index (χ0n) is 9.78. The lowest BCUT2D eigenvalue weighted by Gasteiger charge is -2.14. The molecule has 0 saturated heterocycles. The lowest BCUT2D eigenvalue weighted by molar-refractivity contribution is 0.327. The molecule has 1 aromatic heterocycles. The molecule has 2 rings (SSSR count). The Kier molecular flexibility index (Phi) is 3.38. The second kappa shape index (κ2) is 4.79. The number of methoxy groups -OCH3 is 3. The lowest BCUT2D eigenvalue weighted by atomic mass is 10.1. The van der Waals surface area contributed by atoms with Crippen molar-refractivity contribution in [2.75, 3.05) is 21.3 Å². The lowest BCUT2D eigenvalue weighted by Crippen LogP contribution is -1.96. The Morgan fingerprint density at radius 2 is 1.71 bits per heavy atom. The summed E-state index contributed by atoms with van der Waals surface area (Å²) in [6, 6.07) is 3.74. The van der Waals surface area contributed by atoms with Crippen LogP contribution in [0.5, 0.6) is 17.2 Å². The first-order valence-electron chi connectivity index (χ1n) is 4.96. The molecule has 0 radical (unpaired) electrons. The number of aromatic nitrogens is 1. The largest absolute Gasteiger partial charge is 0.493 e. The summed E-state index contributed by atoms with van der Waals surface area (Å²) in [5.41, 5.74) is 0. The second-order valence-electron chi connectivity index (χ2n) is 3.34. The molecule has 0 aliphatic heterocycles. The van der Waals surface area contributed by atoms with Crippen molar-refractivity contribution in [1.82, 2.24) is 4.98 Å². The van der Waals surface area contributed by atoms with Gasteiger partial charge in [0, 0.05) is 17.0 Å². The molecule has 1 aromatic carbocycles. The normalized spacial score (nSPS) is 10.4. The van der Waals surface area contributed by atoms with E-state index in [1.54, 1.807) is 27.5 Å². The summed E-state index contributed by atoms with van der Waals surface area (Å²) < 4.78 is 16.7. The summed E-state index contributed by atoms with van der Waals surface area (Å²) >= 11 is 3.41. The zero-order valence-corrected chi connectivity index (χ0v) is 11.4. The van der Waals surface area contributed by atoms with Crippen LogP contribution < -0.4 is 14.2 Å². The summed E-state index contributed by atoms with van der Waals surface area (Å²) in [7, 11) is 4.78. The first-order chi connectivity index (χ1) is 8.22. The van der Waals surface area contributed by atoms with Gasteiger partial charge in [0.05, 0.1) is 21.3 Å². The molecule has 0 atom stereocenters. The number of ether oxygens (including phenoxy) is 3. The Labute approximate surface area is 108 Å². The van der Waals surface area contributed by atoms with Gasteiger partial charge in [0.1, 0.15) is 4.60 Å². The Hall–Kier alpha value is -1.49. The van der Waals surface area contributed by atoms with E-state index < -0.39 is 0 Å². The predicted octanol–water partition coefficient (Wildman–Crippen LogP) is 3.02. The fourth-order valence-electron chi connectivity index (χ4n) is 1.76. The molecular formula is C12H12BrNO3. The van der Waals surface area contributed by atoms with Crippen LogP contribution in [0.3, 0.4) is 0 Å². The highest BCUT2D eigenvalue weighted by Gasteiger charge is 2.17. The fourth-order valence-corrected chi connectivity index (χ4v) is 2.21. The Morgan fingerprint density at radius 1 is 1.00 bits per heavy atom. The van der Waals surface area contributed by atoms with Crippen molar-refractivity contribution < 1.29 is 14.2 Å². The van der Waals surface area contributed by atoms with Gasteiger partial charge in [-0.2, -0.15) is 0 Å². The summed E-state index contributed by atoms with van der Waals surface area (Å²) in [4.78, 5) is 4.18. The van der Waals surface area contributed by atoms with E-state index in [1.165, 1.54) is 0 Å². The molecule has 17 heavy (non-hydrogen) atoms. The first-order valence-corrected chi connectivity index (χ1v) is 5.75. The average molecular weight is 298 g/mol. The number of hydrogen-bond acceptors (Lipinski definition) is 4. The van der Waals surface area contributed by atoms with Crippen LogP contribution in [0.2, 0.25) is 0 Å². The molecule has 2 aromatic rings. The number of benzene rings is 1. The van der Waals surface area contributed by atoms with Crippen LogP contribution in [0.15, 0.2) is 22.9 Å². The van der Waals surface area contributed by atoms with Gasteiger partial charge in [0.15, 0.2) is 11.5 Å². The second-order valence-corrected chi connectivity index (χ2v) is 4.09. The number of fused-ring (bicyclic) bond motifs is 1. The van der Waals surface area contributed by atoms with Crippen molar-refractivity contribution >= 4 is 26.7 Å². The van der Waals surface area contributed by atoms with Crippen LogP contribution in [-0.4, -0.2) is 26.3 Å². The molecule has 0 spiro atoms. The summed E-state index contributed by atoms with van der Waals surface area (Å²) in [5.74, 6) is 1.84. The van der Waals surface area contributed by atoms with Gasteiger partial charge < -0.3 is 14.2 Å². The van der Waals surface area contributed by atoms with E-state index in [0.29, 0.717) is 17.2 Å². The molecule has 0 fully saturated rings. The topological polar surface area (TPSA) is 40.6 Å². The van der Waals surface area contributed by atoms with Crippen molar-refractivity contribution in [3.63, 3.8) is 0 Å². The number of hydrogen-bond donors (Lipinski definition) is 0.